The van der Waals surface area contributed by atoms with Gasteiger partial charge >= 0.3 is 53.3 Å². The van der Waals surface area contributed by atoms with Crippen LogP contribution in [-0.4, -0.2) is 269 Å². The zero-order chi connectivity index (χ0) is 86.3. The van der Waals surface area contributed by atoms with Crippen molar-refractivity contribution in [3.05, 3.63) is 97.3 Å². The second kappa shape index (κ2) is 50.3. The van der Waals surface area contributed by atoms with Gasteiger partial charge in [0.25, 0.3) is 16.7 Å². The number of esters is 1. The minimum atomic E-state index is -1.56. The normalized spacial score (nSPS) is 20.9. The number of aliphatic hydroxyl groups excluding tert-OH is 6. The highest BCUT2D eigenvalue weighted by Crippen LogP contribution is 2.34. The smallest absolute Gasteiger partial charge is 0.408 e. The first-order chi connectivity index (χ1) is 52.1. The summed E-state index contributed by atoms with van der Waals surface area (Å²) in [6.07, 6.45) is -17.5. The number of aromatic amines is 6. The average molecular weight is 1610 g/mol. The van der Waals surface area contributed by atoms with E-state index < -0.39 is 196 Å². The van der Waals surface area contributed by atoms with Crippen LogP contribution in [0.3, 0.4) is 0 Å². The van der Waals surface area contributed by atoms with Crippen molar-refractivity contribution in [1.82, 2.24) is 72.4 Å². The molecule has 3 aromatic rings. The van der Waals surface area contributed by atoms with E-state index in [1.54, 1.807) is 76.2 Å². The van der Waals surface area contributed by atoms with Crippen LogP contribution in [0.25, 0.3) is 0 Å². The molecule has 44 heteroatoms. The Kier molecular flexibility index (Phi) is 45.9. The van der Waals surface area contributed by atoms with E-state index in [4.69, 9.17) is 43.7 Å². The molecule has 3 saturated heterocycles. The average Bonchev–Trinajstić information content (AvgIpc) is 1.67. The summed E-state index contributed by atoms with van der Waals surface area (Å²) in [6, 6.07) is -1.76. The summed E-state index contributed by atoms with van der Waals surface area (Å²) >= 11 is 0. The Labute approximate surface area is 645 Å². The Hall–Kier alpha value is -9.77. The van der Waals surface area contributed by atoms with Crippen LogP contribution < -0.4 is 76.3 Å². The van der Waals surface area contributed by atoms with Crippen LogP contribution >= 0.6 is 0 Å². The summed E-state index contributed by atoms with van der Waals surface area (Å²) in [5, 5.41) is 97.3. The number of alkyl carbamates (subject to hydrolysis) is 3. The van der Waals surface area contributed by atoms with E-state index in [9.17, 15) is 97.5 Å². The number of nitrogens with one attached hydrogen (secondary N) is 14. The monoisotopic (exact) mass is 1610 g/mol. The first kappa shape index (κ1) is 102. The summed E-state index contributed by atoms with van der Waals surface area (Å²) in [7, 11) is 7.50. The van der Waals surface area contributed by atoms with Crippen LogP contribution in [0.4, 0.5) is 14.4 Å². The number of amides is 6. The van der Waals surface area contributed by atoms with Crippen LogP contribution in [0.15, 0.2) is 40.9 Å². The van der Waals surface area contributed by atoms with Gasteiger partial charge in [-0.1, -0.05) is 13.8 Å². The molecular formula is C68H118N14O30. The predicted molar refractivity (Wildman–Crippen MR) is 400 cm³/mol. The number of H-pyrrole nitrogens is 6. The number of aliphatic carboxylic acids is 2. The second-order valence-electron chi connectivity index (χ2n) is 27.5. The Morgan fingerprint density at radius 1 is 0.527 bits per heavy atom. The van der Waals surface area contributed by atoms with Gasteiger partial charge in [-0.25, -0.2) is 33.6 Å². The van der Waals surface area contributed by atoms with Gasteiger partial charge in [0, 0.05) is 71.0 Å². The topological polar surface area (TPSA) is 673 Å². The van der Waals surface area contributed by atoms with Crippen LogP contribution in [0.5, 0.6) is 0 Å². The van der Waals surface area contributed by atoms with Gasteiger partial charge in [-0.15, -0.1) is 0 Å². The van der Waals surface area contributed by atoms with Gasteiger partial charge in [0.05, 0.1) is 29.8 Å². The maximum atomic E-state index is 13.2. The summed E-state index contributed by atoms with van der Waals surface area (Å²) < 4.78 is 36.9. The third-order valence-corrected chi connectivity index (χ3v) is 14.4. The molecule has 3 fully saturated rings. The molecule has 0 radical (unpaired) electrons. The molecule has 6 rings (SSSR count). The van der Waals surface area contributed by atoms with Gasteiger partial charge in [0.2, 0.25) is 17.7 Å². The zero-order valence-corrected chi connectivity index (χ0v) is 66.3. The van der Waals surface area contributed by atoms with Crippen molar-refractivity contribution in [2.24, 2.45) is 0 Å². The molecule has 3 aliphatic rings. The van der Waals surface area contributed by atoms with E-state index >= 15 is 0 Å². The third-order valence-electron chi connectivity index (χ3n) is 14.4. The highest BCUT2D eigenvalue weighted by atomic mass is 16.6. The van der Waals surface area contributed by atoms with Gasteiger partial charge < -0.3 is 131 Å². The van der Waals surface area contributed by atoms with E-state index in [0.717, 1.165) is 12.1 Å². The number of aromatic nitrogens is 6. The summed E-state index contributed by atoms with van der Waals surface area (Å²) in [4.78, 5) is 191. The fraction of sp³-hybridized carbons (Fsp3) is 0.691. The van der Waals surface area contributed by atoms with E-state index in [-0.39, 0.29) is 95.4 Å². The Bertz CT molecular complexity index is 3770. The van der Waals surface area contributed by atoms with Gasteiger partial charge in [-0.3, -0.25) is 53.3 Å². The summed E-state index contributed by atoms with van der Waals surface area (Å²) in [5.74, 6) is -5.01. The number of carbonyl (C=O) groups excluding carboxylic acids is 7. The number of carboxylic acid groups (broad SMARTS) is 2. The fourth-order valence-corrected chi connectivity index (χ4v) is 9.75. The first-order valence-corrected chi connectivity index (χ1v) is 35.6. The van der Waals surface area contributed by atoms with Crippen molar-refractivity contribution in [2.75, 3.05) is 61.0 Å². The minimum absolute atomic E-state index is 0. The lowest BCUT2D eigenvalue weighted by molar-refractivity contribution is -0.144. The maximum absolute atomic E-state index is 13.2. The highest BCUT2D eigenvalue weighted by molar-refractivity contribution is 5.87. The van der Waals surface area contributed by atoms with E-state index in [2.05, 4.69) is 67.2 Å². The molecule has 3 aliphatic heterocycles. The number of carboxylic acids is 2. The third kappa shape index (κ3) is 39.4. The van der Waals surface area contributed by atoms with Crippen LogP contribution in [-0.2, 0) is 61.9 Å². The van der Waals surface area contributed by atoms with Crippen molar-refractivity contribution in [1.29, 1.82) is 0 Å². The molecule has 6 amide bonds. The first-order valence-electron chi connectivity index (χ1n) is 35.6. The largest absolute Gasteiger partial charge is 0.481 e. The van der Waals surface area contributed by atoms with Crippen molar-refractivity contribution < 1.29 is 119 Å². The predicted octanol–water partition coefficient (Wildman–Crippen LogP) is -2.94. The molecule has 14 atom stereocenters. The van der Waals surface area contributed by atoms with Gasteiger partial charge in [-0.05, 0) is 131 Å². The van der Waals surface area contributed by atoms with E-state index in [1.165, 1.54) is 6.92 Å². The molecular weight excluding hydrogens is 1490 g/mol. The molecule has 0 aliphatic carbocycles. The molecule has 44 nitrogen and oxygen atoms in total. The number of hydrogen-bond acceptors (Lipinski definition) is 30. The zero-order valence-electron chi connectivity index (χ0n) is 66.3. The molecule has 0 aromatic carbocycles. The number of hydrogen-bond donors (Lipinski definition) is 22. The van der Waals surface area contributed by atoms with Gasteiger partial charge in [-0.2, -0.15) is 0 Å². The molecule has 6 heterocycles. The second-order valence-corrected chi connectivity index (χ2v) is 27.5. The van der Waals surface area contributed by atoms with Crippen molar-refractivity contribution in [2.45, 2.75) is 244 Å². The van der Waals surface area contributed by atoms with Crippen molar-refractivity contribution in [3.63, 3.8) is 0 Å². The van der Waals surface area contributed by atoms with Gasteiger partial charge in [0.1, 0.15) is 96.0 Å². The van der Waals surface area contributed by atoms with Gasteiger partial charge in [0.15, 0.2) is 0 Å². The molecule has 14 unspecified atom stereocenters. The Morgan fingerprint density at radius 3 is 1.26 bits per heavy atom. The number of ether oxygens (including phenoxy) is 7. The lowest BCUT2D eigenvalue weighted by Gasteiger charge is -2.24. The minimum Gasteiger partial charge on any atom is -0.481 e. The summed E-state index contributed by atoms with van der Waals surface area (Å²) in [5.41, 5.74) is -6.66. The Balaban J connectivity index is 0. The molecule has 112 heavy (non-hydrogen) atoms. The number of carbonyl (C=O) groups is 9. The van der Waals surface area contributed by atoms with Crippen LogP contribution in [0, 0.1) is 6.92 Å². The molecule has 0 spiro atoms. The van der Waals surface area contributed by atoms with E-state index in [1.807, 2.05) is 52.0 Å². The number of aliphatic hydroxyl groups is 6. The maximum Gasteiger partial charge on any atom is 0.408 e. The van der Waals surface area contributed by atoms with Crippen molar-refractivity contribution >= 4 is 53.9 Å². The lowest BCUT2D eigenvalue weighted by atomic mass is 10.1. The lowest BCUT2D eigenvalue weighted by Crippen LogP contribution is -2.51. The van der Waals surface area contributed by atoms with E-state index in [0.29, 0.717) is 0 Å². The molecule has 0 saturated carbocycles. The Morgan fingerprint density at radius 2 is 0.893 bits per heavy atom. The molecule has 22 N–H and O–H groups in total. The fourth-order valence-electron chi connectivity index (χ4n) is 9.75. The highest BCUT2D eigenvalue weighted by Gasteiger charge is 2.46. The van der Waals surface area contributed by atoms with Crippen LogP contribution in [0.2, 0.25) is 0 Å². The molecule has 3 aromatic heterocycles. The standard InChI is InChI=1S/C29H41N7O13.C19H28N4O10.C12H21NO6.2C2H7N.C2H6O.C2H6.H2/c1-11-20(35-27(45)36-24(11)42)15-8-14(37)16(47-15)9-30-18(38)6-5-12(33-28(46)49-29(2,3)4)25(43)31-10-17-21(40)22(41)23(48-17)13-7-19(39)34-26(44)32-13;1-19(2,3)33-18(31)22-8(4-5-12(25)26)16(29)20-7-10-13(27)14(28)15(32-10)9-6-11(24)23-17(30)21-9;1-5-18-9(14)7-6-8(10(15)16)13-11(17)19-12(2,3)4;2*1-3-2;1-2-3;1-2;/h7,12,14-17,21-23,37,40-41H,5-6,8-10H2,1-4H3,(H,30,38)(H,31,43)(H,33,46)(H2,32,34,39,44)(H2,35,36,42,45);6,8,10,13-15,27-28H,4-5,7H2,1-3H3,(H,20,29)(H,22,31)(H,25,26)(H2,21,23,24,30);8H,5-7H2,1-4H3,(H,13,17)(H,15,16);2*3H,1-2H3;3H,2H2,1H3;1-2H3;1H. The van der Waals surface area contributed by atoms with Crippen LogP contribution in [0.1, 0.15) is 177 Å². The quantitative estimate of drug-likeness (QED) is 0.0298. The van der Waals surface area contributed by atoms with Crippen molar-refractivity contribution in [3.8, 4) is 0 Å². The molecule has 640 valence electrons. The summed E-state index contributed by atoms with van der Waals surface area (Å²) in [6.45, 7) is 23.2. The number of rotatable bonds is 25. The SMILES string of the molecule is CC.CC(C)(C)OC(=O)NC(CCC(=O)O)C(=O)NCC1OC(c2cc(=O)[nH]c(=O)[nH]2)C(O)C1O.CCO.CCOC(=O)CCC(NC(=O)OC(C)(C)C)C(=O)O.CNC.CNC.Cc1c(C2CC(O)C(CNC(=O)CCC(NC(=O)OC(C)(C)C)C(=O)NCC3OC(c4cc(=O)[nH]c(=O)[nH]4)C(O)C3O)O2)[nH]c(=O)[nH]c1=O.[HH]. The molecule has 0 bridgehead atoms.